The van der Waals surface area contributed by atoms with Crippen LogP contribution >= 0.6 is 11.6 Å². The van der Waals surface area contributed by atoms with Crippen LogP contribution in [0, 0.1) is 0 Å². The summed E-state index contributed by atoms with van der Waals surface area (Å²) < 4.78 is 42.8. The van der Waals surface area contributed by atoms with E-state index in [1.807, 2.05) is 0 Å². The van der Waals surface area contributed by atoms with Gasteiger partial charge >= 0.3 is 6.18 Å². The average Bonchev–Trinajstić information content (AvgIpc) is 2.28. The van der Waals surface area contributed by atoms with Crippen molar-refractivity contribution in [3.63, 3.8) is 0 Å². The van der Waals surface area contributed by atoms with Crippen LogP contribution in [-0.4, -0.2) is 23.2 Å². The fraction of sp³-hybridized carbons (Fsp3) is 0.600. The molecule has 2 rings (SSSR count). The number of hydrogen-bond donors (Lipinski definition) is 0. The van der Waals surface area contributed by atoms with Gasteiger partial charge < -0.3 is 4.74 Å². The third kappa shape index (κ3) is 3.07. The van der Waals surface area contributed by atoms with Crippen molar-refractivity contribution in [2.75, 3.05) is 13.2 Å². The van der Waals surface area contributed by atoms with Gasteiger partial charge in [0.2, 0.25) is 5.28 Å². The fourth-order valence-electron chi connectivity index (χ4n) is 1.78. The van der Waals surface area contributed by atoms with E-state index in [0.29, 0.717) is 31.7 Å². The van der Waals surface area contributed by atoms with Crippen LogP contribution < -0.4 is 0 Å². The largest absolute Gasteiger partial charge is 0.433 e. The molecule has 0 spiro atoms. The first-order valence-corrected chi connectivity index (χ1v) is 5.54. The van der Waals surface area contributed by atoms with Gasteiger partial charge in [0.1, 0.15) is 5.69 Å². The van der Waals surface area contributed by atoms with Crippen LogP contribution in [0.5, 0.6) is 0 Å². The summed E-state index contributed by atoms with van der Waals surface area (Å²) in [7, 11) is 0. The topological polar surface area (TPSA) is 35.0 Å². The molecular formula is C10H10ClF3N2O. The van der Waals surface area contributed by atoms with E-state index in [1.165, 1.54) is 0 Å². The van der Waals surface area contributed by atoms with Gasteiger partial charge in [0.05, 0.1) is 0 Å². The number of hydrogen-bond acceptors (Lipinski definition) is 3. The summed E-state index contributed by atoms with van der Waals surface area (Å²) in [5.41, 5.74) is -0.639. The molecule has 7 heteroatoms. The molecule has 0 N–H and O–H groups in total. The van der Waals surface area contributed by atoms with E-state index in [9.17, 15) is 13.2 Å². The fourth-order valence-corrected chi connectivity index (χ4v) is 1.97. The molecule has 0 radical (unpaired) electrons. The van der Waals surface area contributed by atoms with Gasteiger partial charge in [-0.2, -0.15) is 13.2 Å². The van der Waals surface area contributed by atoms with Gasteiger partial charge in [-0.3, -0.25) is 0 Å². The molecular weight excluding hydrogens is 257 g/mol. The van der Waals surface area contributed by atoms with Gasteiger partial charge in [-0.1, -0.05) is 0 Å². The van der Waals surface area contributed by atoms with Crippen molar-refractivity contribution in [2.45, 2.75) is 24.9 Å². The Kier molecular flexibility index (Phi) is 3.53. The predicted molar refractivity (Wildman–Crippen MR) is 54.8 cm³/mol. The van der Waals surface area contributed by atoms with Gasteiger partial charge in [-0.25, -0.2) is 9.97 Å². The first-order chi connectivity index (χ1) is 7.97. The number of alkyl halides is 3. The second-order valence-corrected chi connectivity index (χ2v) is 4.17. The molecule has 94 valence electrons. The molecule has 0 bridgehead atoms. The first-order valence-electron chi connectivity index (χ1n) is 5.16. The SMILES string of the molecule is FC(F)(F)c1cc(C2CCOCC2)nc(Cl)n1. The lowest BCUT2D eigenvalue weighted by molar-refractivity contribution is -0.141. The molecule has 1 aromatic rings. The summed E-state index contributed by atoms with van der Waals surface area (Å²) in [6.45, 7) is 1.07. The molecule has 1 aliphatic heterocycles. The molecule has 0 unspecified atom stereocenters. The van der Waals surface area contributed by atoms with Gasteiger partial charge in [0.25, 0.3) is 0 Å². The quantitative estimate of drug-likeness (QED) is 0.733. The summed E-state index contributed by atoms with van der Waals surface area (Å²) in [6.07, 6.45) is -3.18. The van der Waals surface area contributed by atoms with Crippen LogP contribution in [0.15, 0.2) is 6.07 Å². The zero-order valence-corrected chi connectivity index (χ0v) is 9.55. The van der Waals surface area contributed by atoms with Crippen molar-refractivity contribution in [1.82, 2.24) is 9.97 Å². The summed E-state index contributed by atoms with van der Waals surface area (Å²) >= 11 is 5.52. The molecule has 1 aromatic heterocycles. The Labute approximate surface area is 101 Å². The van der Waals surface area contributed by atoms with Crippen molar-refractivity contribution >= 4 is 11.6 Å². The molecule has 0 aromatic carbocycles. The zero-order valence-electron chi connectivity index (χ0n) is 8.80. The van der Waals surface area contributed by atoms with Gasteiger partial charge in [-0.05, 0) is 30.5 Å². The normalized spacial score (nSPS) is 18.4. The monoisotopic (exact) mass is 266 g/mol. The molecule has 1 fully saturated rings. The van der Waals surface area contributed by atoms with Crippen LogP contribution in [0.1, 0.15) is 30.1 Å². The Morgan fingerprint density at radius 2 is 1.88 bits per heavy atom. The molecule has 2 heterocycles. The number of nitrogens with zero attached hydrogens (tertiary/aromatic N) is 2. The van der Waals surface area contributed by atoms with E-state index < -0.39 is 11.9 Å². The first kappa shape index (κ1) is 12.6. The van der Waals surface area contributed by atoms with Crippen LogP contribution in [-0.2, 0) is 10.9 Å². The highest BCUT2D eigenvalue weighted by Gasteiger charge is 2.34. The third-order valence-corrected chi connectivity index (χ3v) is 2.82. The van der Waals surface area contributed by atoms with Crippen LogP contribution in [0.3, 0.4) is 0 Å². The number of aromatic nitrogens is 2. The van der Waals surface area contributed by atoms with Gasteiger partial charge in [0, 0.05) is 24.8 Å². The van der Waals surface area contributed by atoms with Crippen molar-refractivity contribution in [2.24, 2.45) is 0 Å². The minimum Gasteiger partial charge on any atom is -0.381 e. The molecule has 17 heavy (non-hydrogen) atoms. The van der Waals surface area contributed by atoms with Crippen LogP contribution in [0.25, 0.3) is 0 Å². The lowest BCUT2D eigenvalue weighted by atomic mass is 9.96. The van der Waals surface area contributed by atoms with E-state index >= 15 is 0 Å². The summed E-state index contributed by atoms with van der Waals surface area (Å²) in [4.78, 5) is 7.07. The maximum Gasteiger partial charge on any atom is 0.433 e. The van der Waals surface area contributed by atoms with E-state index in [-0.39, 0.29) is 11.2 Å². The van der Waals surface area contributed by atoms with Gasteiger partial charge in [0.15, 0.2) is 0 Å². The Balaban J connectivity index is 2.31. The second-order valence-electron chi connectivity index (χ2n) is 3.83. The standard InChI is InChI=1S/C10H10ClF3N2O/c11-9-15-7(6-1-3-17-4-2-6)5-8(16-9)10(12,13)14/h5-6H,1-4H2. The Hall–Kier alpha value is -0.880. The molecule has 1 saturated heterocycles. The smallest absolute Gasteiger partial charge is 0.381 e. The second kappa shape index (κ2) is 4.78. The van der Waals surface area contributed by atoms with E-state index in [4.69, 9.17) is 16.3 Å². The van der Waals surface area contributed by atoms with Crippen molar-refractivity contribution in [3.8, 4) is 0 Å². The summed E-state index contributed by atoms with van der Waals surface area (Å²) in [5, 5.41) is -0.360. The minimum atomic E-state index is -4.49. The van der Waals surface area contributed by atoms with Crippen molar-refractivity contribution in [1.29, 1.82) is 0 Å². The third-order valence-electron chi connectivity index (χ3n) is 2.65. The number of ether oxygens (including phenoxy) is 1. The van der Waals surface area contributed by atoms with Crippen LogP contribution in [0.4, 0.5) is 13.2 Å². The Morgan fingerprint density at radius 3 is 2.47 bits per heavy atom. The minimum absolute atomic E-state index is 0.0367. The molecule has 0 amide bonds. The van der Waals surface area contributed by atoms with E-state index in [2.05, 4.69) is 9.97 Å². The molecule has 3 nitrogen and oxygen atoms in total. The molecule has 0 aliphatic carbocycles. The average molecular weight is 267 g/mol. The van der Waals surface area contributed by atoms with E-state index in [0.717, 1.165) is 6.07 Å². The molecule has 0 saturated carbocycles. The van der Waals surface area contributed by atoms with Crippen molar-refractivity contribution < 1.29 is 17.9 Å². The van der Waals surface area contributed by atoms with E-state index in [1.54, 1.807) is 0 Å². The maximum absolute atomic E-state index is 12.5. The lowest BCUT2D eigenvalue weighted by Crippen LogP contribution is -2.17. The Morgan fingerprint density at radius 1 is 1.24 bits per heavy atom. The van der Waals surface area contributed by atoms with Crippen molar-refractivity contribution in [3.05, 3.63) is 22.7 Å². The summed E-state index contributed by atoms with van der Waals surface area (Å²) in [6, 6.07) is 0.974. The predicted octanol–water partition coefficient (Wildman–Crippen LogP) is 3.04. The zero-order chi connectivity index (χ0) is 12.5. The summed E-state index contributed by atoms with van der Waals surface area (Å²) in [5.74, 6) is -0.0367. The lowest BCUT2D eigenvalue weighted by Gasteiger charge is -2.22. The van der Waals surface area contributed by atoms with Gasteiger partial charge in [-0.15, -0.1) is 0 Å². The molecule has 0 atom stereocenters. The number of rotatable bonds is 1. The highest BCUT2D eigenvalue weighted by atomic mass is 35.5. The number of halogens is 4. The Bertz CT molecular complexity index is 405. The molecule has 1 aliphatic rings. The highest BCUT2D eigenvalue weighted by Crippen LogP contribution is 2.32. The highest BCUT2D eigenvalue weighted by molar-refractivity contribution is 6.28. The van der Waals surface area contributed by atoms with Crippen LogP contribution in [0.2, 0.25) is 5.28 Å². The maximum atomic E-state index is 12.5.